The molecule has 0 fully saturated rings. The quantitative estimate of drug-likeness (QED) is 0.444. The molecule has 0 heterocycles. The molecule has 1 unspecified atom stereocenters. The highest BCUT2D eigenvalue weighted by atomic mass is 16.6. The van der Waals surface area contributed by atoms with Gasteiger partial charge in [-0.15, -0.1) is 6.58 Å². The van der Waals surface area contributed by atoms with E-state index in [9.17, 15) is 4.79 Å². The first-order valence-corrected chi connectivity index (χ1v) is 3.50. The number of hydrogen-bond donors (Lipinski definition) is 0. The van der Waals surface area contributed by atoms with E-state index in [0.29, 0.717) is 0 Å². The fourth-order valence-electron chi connectivity index (χ4n) is 0.572. The Morgan fingerprint density at radius 1 is 1.73 bits per heavy atom. The van der Waals surface area contributed by atoms with Crippen LogP contribution >= 0.6 is 0 Å². The van der Waals surface area contributed by atoms with Gasteiger partial charge < -0.3 is 9.47 Å². The lowest BCUT2D eigenvalue weighted by Crippen LogP contribution is -2.16. The maximum Gasteiger partial charge on any atom is 0.331 e. The summed E-state index contributed by atoms with van der Waals surface area (Å²) < 4.78 is 9.48. The largest absolute Gasteiger partial charge is 0.467 e. The summed E-state index contributed by atoms with van der Waals surface area (Å²) in [6, 6.07) is 0. The van der Waals surface area contributed by atoms with Crippen LogP contribution in [-0.4, -0.2) is 25.8 Å². The van der Waals surface area contributed by atoms with Crippen LogP contribution in [0.15, 0.2) is 12.7 Å². The van der Waals surface area contributed by atoms with E-state index in [4.69, 9.17) is 4.74 Å². The average Bonchev–Trinajstić information content (AvgIpc) is 2.01. The molecule has 0 aliphatic carbocycles. The number of carbonyl (C=O) groups is 1. The minimum atomic E-state index is -0.346. The van der Waals surface area contributed by atoms with Crippen molar-refractivity contribution >= 4 is 5.97 Å². The summed E-state index contributed by atoms with van der Waals surface area (Å²) in [4.78, 5) is 10.5. The van der Waals surface area contributed by atoms with E-state index in [-0.39, 0.29) is 18.7 Å². The monoisotopic (exact) mass is 158 g/mol. The zero-order valence-electron chi connectivity index (χ0n) is 7.00. The molecule has 64 valence electrons. The molecule has 0 spiro atoms. The van der Waals surface area contributed by atoms with Crippen LogP contribution in [0.1, 0.15) is 13.3 Å². The van der Waals surface area contributed by atoms with Gasteiger partial charge in [0.05, 0.1) is 13.2 Å². The molecule has 0 aliphatic heterocycles. The zero-order valence-corrected chi connectivity index (χ0v) is 7.00. The van der Waals surface area contributed by atoms with Gasteiger partial charge >= 0.3 is 5.97 Å². The molecule has 3 heteroatoms. The third-order valence-corrected chi connectivity index (χ3v) is 1.21. The predicted molar refractivity (Wildman–Crippen MR) is 42.2 cm³/mol. The van der Waals surface area contributed by atoms with E-state index in [1.54, 1.807) is 6.08 Å². The van der Waals surface area contributed by atoms with Crippen molar-refractivity contribution in [3.8, 4) is 0 Å². The van der Waals surface area contributed by atoms with Gasteiger partial charge in [-0.2, -0.15) is 0 Å². The molecule has 11 heavy (non-hydrogen) atoms. The fraction of sp³-hybridized carbons (Fsp3) is 0.625. The van der Waals surface area contributed by atoms with Gasteiger partial charge in [-0.05, 0) is 13.3 Å². The molecule has 0 N–H and O–H groups in total. The Labute approximate surface area is 67.0 Å². The van der Waals surface area contributed by atoms with Gasteiger partial charge in [-0.25, -0.2) is 4.79 Å². The molecular weight excluding hydrogens is 144 g/mol. The molecule has 3 nitrogen and oxygen atoms in total. The van der Waals surface area contributed by atoms with Gasteiger partial charge in [0, 0.05) is 0 Å². The second-order valence-corrected chi connectivity index (χ2v) is 2.22. The summed E-state index contributed by atoms with van der Waals surface area (Å²) in [5.74, 6) is -0.346. The SMILES string of the molecule is C=CCC(C)OCC(=O)OC. The van der Waals surface area contributed by atoms with Crippen LogP contribution < -0.4 is 0 Å². The lowest BCUT2D eigenvalue weighted by atomic mass is 10.3. The van der Waals surface area contributed by atoms with Crippen LogP contribution in [0.3, 0.4) is 0 Å². The molecule has 0 saturated heterocycles. The van der Waals surface area contributed by atoms with E-state index in [1.807, 2.05) is 6.92 Å². The third kappa shape index (κ3) is 5.61. The Kier molecular flexibility index (Phi) is 5.47. The molecule has 0 saturated carbocycles. The molecule has 1 atom stereocenters. The van der Waals surface area contributed by atoms with Crippen LogP contribution in [0.2, 0.25) is 0 Å². The van der Waals surface area contributed by atoms with Crippen LogP contribution in [0, 0.1) is 0 Å². The summed E-state index contributed by atoms with van der Waals surface area (Å²) in [6.45, 7) is 5.45. The van der Waals surface area contributed by atoms with Crippen LogP contribution in [0.4, 0.5) is 0 Å². The van der Waals surface area contributed by atoms with Crippen LogP contribution in [-0.2, 0) is 14.3 Å². The number of hydrogen-bond acceptors (Lipinski definition) is 3. The van der Waals surface area contributed by atoms with Gasteiger partial charge in [0.1, 0.15) is 6.61 Å². The van der Waals surface area contributed by atoms with E-state index >= 15 is 0 Å². The number of carbonyl (C=O) groups excluding carboxylic acids is 1. The molecule has 0 aromatic carbocycles. The molecule has 0 aliphatic rings. The Hall–Kier alpha value is -0.830. The van der Waals surface area contributed by atoms with E-state index in [2.05, 4.69) is 11.3 Å². The highest BCUT2D eigenvalue weighted by Gasteiger charge is 2.03. The van der Waals surface area contributed by atoms with Crippen molar-refractivity contribution in [1.82, 2.24) is 0 Å². The summed E-state index contributed by atoms with van der Waals surface area (Å²) in [5.41, 5.74) is 0. The number of methoxy groups -OCH3 is 1. The molecular formula is C8H14O3. The lowest BCUT2D eigenvalue weighted by molar-refractivity contribution is -0.147. The van der Waals surface area contributed by atoms with Crippen molar-refractivity contribution < 1.29 is 14.3 Å². The first kappa shape index (κ1) is 10.2. The fourth-order valence-corrected chi connectivity index (χ4v) is 0.572. The molecule has 0 rings (SSSR count). The second-order valence-electron chi connectivity index (χ2n) is 2.22. The highest BCUT2D eigenvalue weighted by Crippen LogP contribution is 1.96. The third-order valence-electron chi connectivity index (χ3n) is 1.21. The number of esters is 1. The minimum absolute atomic E-state index is 0.0194. The Bertz CT molecular complexity index is 131. The van der Waals surface area contributed by atoms with Crippen molar-refractivity contribution in [1.29, 1.82) is 0 Å². The van der Waals surface area contributed by atoms with Crippen molar-refractivity contribution in [3.05, 3.63) is 12.7 Å². The zero-order chi connectivity index (χ0) is 8.69. The van der Waals surface area contributed by atoms with Gasteiger partial charge in [-0.1, -0.05) is 6.08 Å². The lowest BCUT2D eigenvalue weighted by Gasteiger charge is -2.08. The first-order chi connectivity index (χ1) is 5.20. The van der Waals surface area contributed by atoms with Crippen LogP contribution in [0.5, 0.6) is 0 Å². The molecule has 0 amide bonds. The molecule has 0 aromatic heterocycles. The van der Waals surface area contributed by atoms with Gasteiger partial charge in [0.25, 0.3) is 0 Å². The van der Waals surface area contributed by atoms with Crippen LogP contribution in [0.25, 0.3) is 0 Å². The smallest absolute Gasteiger partial charge is 0.331 e. The number of ether oxygens (including phenoxy) is 2. The van der Waals surface area contributed by atoms with Crippen molar-refractivity contribution in [2.75, 3.05) is 13.7 Å². The van der Waals surface area contributed by atoms with Gasteiger partial charge in [0.15, 0.2) is 0 Å². The molecule has 0 radical (unpaired) electrons. The second kappa shape index (κ2) is 5.92. The molecule has 0 aromatic rings. The summed E-state index contributed by atoms with van der Waals surface area (Å²) in [7, 11) is 1.34. The topological polar surface area (TPSA) is 35.5 Å². The summed E-state index contributed by atoms with van der Waals surface area (Å²) in [5, 5.41) is 0. The Morgan fingerprint density at radius 2 is 2.36 bits per heavy atom. The highest BCUT2D eigenvalue weighted by molar-refractivity contribution is 5.70. The average molecular weight is 158 g/mol. The van der Waals surface area contributed by atoms with Crippen molar-refractivity contribution in [3.63, 3.8) is 0 Å². The first-order valence-electron chi connectivity index (χ1n) is 3.50. The summed E-state index contributed by atoms with van der Waals surface area (Å²) in [6.07, 6.45) is 2.53. The minimum Gasteiger partial charge on any atom is -0.467 e. The van der Waals surface area contributed by atoms with Crippen molar-refractivity contribution in [2.24, 2.45) is 0 Å². The van der Waals surface area contributed by atoms with E-state index < -0.39 is 0 Å². The molecule has 0 bridgehead atoms. The number of rotatable bonds is 5. The summed E-state index contributed by atoms with van der Waals surface area (Å²) >= 11 is 0. The maximum absolute atomic E-state index is 10.5. The van der Waals surface area contributed by atoms with Gasteiger partial charge in [0.2, 0.25) is 0 Å². The van der Waals surface area contributed by atoms with Crippen molar-refractivity contribution in [2.45, 2.75) is 19.4 Å². The maximum atomic E-state index is 10.5. The van der Waals surface area contributed by atoms with E-state index in [1.165, 1.54) is 7.11 Å². The standard InChI is InChI=1S/C8H14O3/c1-4-5-7(2)11-6-8(9)10-3/h4,7H,1,5-6H2,2-3H3. The Morgan fingerprint density at radius 3 is 2.82 bits per heavy atom. The van der Waals surface area contributed by atoms with E-state index in [0.717, 1.165) is 6.42 Å². The predicted octanol–water partition coefficient (Wildman–Crippen LogP) is 1.14. The van der Waals surface area contributed by atoms with Gasteiger partial charge in [-0.3, -0.25) is 0 Å². The Balaban J connectivity index is 3.36. The normalized spacial score (nSPS) is 12.2.